The molecule has 4 rings (SSSR count). The Hall–Kier alpha value is -2.95. The van der Waals surface area contributed by atoms with Crippen molar-refractivity contribution in [3.63, 3.8) is 0 Å². The lowest BCUT2D eigenvalue weighted by Crippen LogP contribution is -2.08. The van der Waals surface area contributed by atoms with Crippen molar-refractivity contribution in [2.75, 3.05) is 0 Å². The van der Waals surface area contributed by atoms with Gasteiger partial charge in [0.1, 0.15) is 5.75 Å². The van der Waals surface area contributed by atoms with Gasteiger partial charge in [-0.2, -0.15) is 0 Å². The van der Waals surface area contributed by atoms with E-state index in [1.54, 1.807) is 4.57 Å². The van der Waals surface area contributed by atoms with Gasteiger partial charge in [0, 0.05) is 16.1 Å². The number of carbonyl (C=O) groups is 1. The van der Waals surface area contributed by atoms with Gasteiger partial charge in [0.25, 0.3) is 0 Å². The van der Waals surface area contributed by atoms with Crippen LogP contribution in [-0.4, -0.2) is 21.7 Å². The summed E-state index contributed by atoms with van der Waals surface area (Å²) in [6.07, 6.45) is 0.724. The van der Waals surface area contributed by atoms with E-state index in [-0.39, 0.29) is 16.8 Å². The van der Waals surface area contributed by atoms with E-state index in [0.29, 0.717) is 22.5 Å². The molecule has 0 radical (unpaired) electrons. The molecule has 0 bridgehead atoms. The number of carboxylic acids is 1. The largest absolute Gasteiger partial charge is 0.491 e. The quantitative estimate of drug-likeness (QED) is 0.341. The minimum Gasteiger partial charge on any atom is -0.491 e. The normalized spacial score (nSPS) is 11.3. The Morgan fingerprint density at radius 2 is 1.71 bits per heavy atom. The maximum atomic E-state index is 12.1. The Morgan fingerprint density at radius 3 is 2.35 bits per heavy atom. The van der Waals surface area contributed by atoms with E-state index in [4.69, 9.17) is 27.9 Å². The number of aromatic nitrogens is 1. The SMILES string of the molecule is CC(C)Oc1ccc(-n2c(C(=O)O)c(Cl)c3cc(Cc4cccc(Cl)c4)ccc32)cc1. The molecule has 158 valence electrons. The van der Waals surface area contributed by atoms with Crippen LogP contribution in [0.2, 0.25) is 10.0 Å². The molecule has 6 heteroatoms. The molecule has 4 nitrogen and oxygen atoms in total. The van der Waals surface area contributed by atoms with Crippen LogP contribution in [0.3, 0.4) is 0 Å². The van der Waals surface area contributed by atoms with Gasteiger partial charge < -0.3 is 14.4 Å². The van der Waals surface area contributed by atoms with Crippen LogP contribution in [0, 0.1) is 0 Å². The van der Waals surface area contributed by atoms with Gasteiger partial charge in [-0.3, -0.25) is 0 Å². The second-order valence-corrected chi connectivity index (χ2v) is 8.44. The number of halogens is 2. The highest BCUT2D eigenvalue weighted by Gasteiger charge is 2.22. The first-order chi connectivity index (χ1) is 14.8. The Kier molecular flexibility index (Phi) is 5.94. The van der Waals surface area contributed by atoms with Crippen LogP contribution >= 0.6 is 23.2 Å². The number of aromatic carboxylic acids is 1. The van der Waals surface area contributed by atoms with E-state index in [1.807, 2.05) is 80.6 Å². The van der Waals surface area contributed by atoms with Gasteiger partial charge in [0.05, 0.1) is 16.6 Å². The second-order valence-electron chi connectivity index (χ2n) is 7.62. The van der Waals surface area contributed by atoms with Crippen molar-refractivity contribution in [1.29, 1.82) is 0 Å². The zero-order valence-corrected chi connectivity index (χ0v) is 18.6. The number of carboxylic acid groups (broad SMARTS) is 1. The highest BCUT2D eigenvalue weighted by Crippen LogP contribution is 2.35. The number of hydrogen-bond donors (Lipinski definition) is 1. The first kappa shape index (κ1) is 21.3. The minimum absolute atomic E-state index is 0.0362. The summed E-state index contributed by atoms with van der Waals surface area (Å²) in [4.78, 5) is 12.1. The lowest BCUT2D eigenvalue weighted by molar-refractivity contribution is 0.0689. The Morgan fingerprint density at radius 1 is 1.00 bits per heavy atom. The third-order valence-electron chi connectivity index (χ3n) is 4.94. The van der Waals surface area contributed by atoms with E-state index in [1.165, 1.54) is 0 Å². The van der Waals surface area contributed by atoms with Crippen molar-refractivity contribution >= 4 is 40.1 Å². The van der Waals surface area contributed by atoms with Gasteiger partial charge in [-0.1, -0.05) is 41.4 Å². The Bertz CT molecular complexity index is 1260. The molecule has 3 aromatic carbocycles. The zero-order valence-electron chi connectivity index (χ0n) is 17.1. The molecule has 4 aromatic rings. The topological polar surface area (TPSA) is 51.5 Å². The number of benzene rings is 3. The smallest absolute Gasteiger partial charge is 0.354 e. The molecule has 0 aliphatic rings. The number of rotatable bonds is 6. The maximum absolute atomic E-state index is 12.1. The van der Waals surface area contributed by atoms with Crippen LogP contribution in [0.4, 0.5) is 0 Å². The van der Waals surface area contributed by atoms with Crippen LogP contribution in [0.15, 0.2) is 66.7 Å². The number of hydrogen-bond acceptors (Lipinski definition) is 2. The fourth-order valence-corrected chi connectivity index (χ4v) is 4.23. The van der Waals surface area contributed by atoms with Gasteiger partial charge in [-0.05, 0) is 79.9 Å². The summed E-state index contributed by atoms with van der Waals surface area (Å²) >= 11 is 12.7. The number of nitrogens with zero attached hydrogens (tertiary/aromatic N) is 1. The van der Waals surface area contributed by atoms with E-state index in [9.17, 15) is 9.90 Å². The summed E-state index contributed by atoms with van der Waals surface area (Å²) in [5.41, 5.74) is 3.56. The fraction of sp³-hybridized carbons (Fsp3) is 0.160. The molecular formula is C25H21Cl2NO3. The van der Waals surface area contributed by atoms with Crippen molar-refractivity contribution in [1.82, 2.24) is 4.57 Å². The predicted molar refractivity (Wildman–Crippen MR) is 125 cm³/mol. The minimum atomic E-state index is -1.08. The summed E-state index contributed by atoms with van der Waals surface area (Å²) < 4.78 is 7.36. The van der Waals surface area contributed by atoms with Gasteiger partial charge in [0.2, 0.25) is 0 Å². The number of ether oxygens (including phenoxy) is 1. The molecule has 0 saturated heterocycles. The van der Waals surface area contributed by atoms with E-state index in [0.717, 1.165) is 22.4 Å². The van der Waals surface area contributed by atoms with Crippen LogP contribution < -0.4 is 4.74 Å². The zero-order chi connectivity index (χ0) is 22.1. The van der Waals surface area contributed by atoms with Crippen molar-refractivity contribution in [3.8, 4) is 11.4 Å². The van der Waals surface area contributed by atoms with Crippen LogP contribution in [-0.2, 0) is 6.42 Å². The Balaban J connectivity index is 1.80. The number of fused-ring (bicyclic) bond motifs is 1. The van der Waals surface area contributed by atoms with Gasteiger partial charge in [-0.15, -0.1) is 0 Å². The van der Waals surface area contributed by atoms with Crippen molar-refractivity contribution < 1.29 is 14.6 Å². The van der Waals surface area contributed by atoms with Crippen molar-refractivity contribution in [2.45, 2.75) is 26.4 Å². The van der Waals surface area contributed by atoms with Crippen molar-refractivity contribution in [3.05, 3.63) is 93.6 Å². The molecule has 31 heavy (non-hydrogen) atoms. The molecule has 0 unspecified atom stereocenters. The lowest BCUT2D eigenvalue weighted by Gasteiger charge is -2.12. The summed E-state index contributed by atoms with van der Waals surface area (Å²) in [7, 11) is 0. The molecule has 0 amide bonds. The van der Waals surface area contributed by atoms with Gasteiger partial charge in [-0.25, -0.2) is 4.79 Å². The molecule has 0 spiro atoms. The summed E-state index contributed by atoms with van der Waals surface area (Å²) in [5.74, 6) is -0.359. The highest BCUT2D eigenvalue weighted by atomic mass is 35.5. The van der Waals surface area contributed by atoms with E-state index >= 15 is 0 Å². The molecule has 1 heterocycles. The first-order valence-corrected chi connectivity index (χ1v) is 10.7. The summed E-state index contributed by atoms with van der Waals surface area (Å²) in [5, 5.41) is 11.5. The predicted octanol–water partition coefficient (Wildman–Crippen LogP) is 7.01. The molecule has 0 aliphatic carbocycles. The first-order valence-electron chi connectivity index (χ1n) is 9.91. The third-order valence-corrected chi connectivity index (χ3v) is 5.55. The monoisotopic (exact) mass is 453 g/mol. The van der Waals surface area contributed by atoms with Crippen molar-refractivity contribution in [2.24, 2.45) is 0 Å². The fourth-order valence-electron chi connectivity index (χ4n) is 3.70. The Labute approximate surface area is 190 Å². The molecule has 0 saturated carbocycles. The lowest BCUT2D eigenvalue weighted by atomic mass is 10.0. The third kappa shape index (κ3) is 4.41. The molecular weight excluding hydrogens is 433 g/mol. The molecule has 1 aromatic heterocycles. The molecule has 0 atom stereocenters. The van der Waals surface area contributed by atoms with Gasteiger partial charge in [0.15, 0.2) is 5.69 Å². The standard InChI is InChI=1S/C25H21Cl2NO3/c1-15(2)31-20-9-7-19(8-10-20)28-22-11-6-17(12-16-4-3-5-18(26)13-16)14-21(22)23(27)24(28)25(29)30/h3-11,13-15H,12H2,1-2H3,(H,29,30). The average Bonchev–Trinajstić information content (AvgIpc) is 3.00. The van der Waals surface area contributed by atoms with Crippen LogP contribution in [0.5, 0.6) is 5.75 Å². The molecule has 0 fully saturated rings. The average molecular weight is 454 g/mol. The molecule has 1 N–H and O–H groups in total. The maximum Gasteiger partial charge on any atom is 0.354 e. The van der Waals surface area contributed by atoms with Gasteiger partial charge >= 0.3 is 5.97 Å². The second kappa shape index (κ2) is 8.66. The van der Waals surface area contributed by atoms with Crippen LogP contribution in [0.1, 0.15) is 35.5 Å². The van der Waals surface area contributed by atoms with E-state index in [2.05, 4.69) is 0 Å². The van der Waals surface area contributed by atoms with E-state index < -0.39 is 5.97 Å². The summed E-state index contributed by atoms with van der Waals surface area (Å²) in [6.45, 7) is 3.91. The van der Waals surface area contributed by atoms with Crippen LogP contribution in [0.25, 0.3) is 16.6 Å². The molecule has 0 aliphatic heterocycles. The summed E-state index contributed by atoms with van der Waals surface area (Å²) in [6, 6.07) is 20.8. The highest BCUT2D eigenvalue weighted by molar-refractivity contribution is 6.38.